The minimum atomic E-state index is -1.12. The maximum Gasteiger partial charge on any atom is 2.00 e. The molecule has 0 radical (unpaired) electrons. The Morgan fingerprint density at radius 2 is 1.02 bits per heavy atom. The van der Waals surface area contributed by atoms with Crippen LogP contribution in [0, 0.1) is 12.1 Å². The van der Waals surface area contributed by atoms with Gasteiger partial charge in [0, 0.05) is 12.4 Å². The fourth-order valence-electron chi connectivity index (χ4n) is 3.97. The standard InChI is InChI=1S/C17H11N3O4.C17H11N.Ru/c21-16(22)10-4-6-19-13(7-10)15-9-11(17(23)24)8-14(20-15)12-3-1-2-5-18-12;1-3-8-14(9-4-1)16-12-7-13-17(18-16)15-10-5-2-6-11-15;/h1-9H,(H,21,22)(H,23,24);1-8,10,12-13H;/q;-2;+2. The maximum atomic E-state index is 11.4. The van der Waals surface area contributed by atoms with Crippen molar-refractivity contribution in [3.63, 3.8) is 0 Å². The third kappa shape index (κ3) is 7.87. The second-order valence-electron chi connectivity index (χ2n) is 8.84. The molecule has 0 fully saturated rings. The smallest absolute Gasteiger partial charge is 0.478 e. The van der Waals surface area contributed by atoms with Crippen LogP contribution in [-0.2, 0) is 19.5 Å². The Labute approximate surface area is 260 Å². The number of benzene rings is 2. The average Bonchev–Trinajstić information content (AvgIpc) is 3.06. The number of aromatic nitrogens is 4. The Bertz CT molecular complexity index is 1780. The Morgan fingerprint density at radius 3 is 1.56 bits per heavy atom. The summed E-state index contributed by atoms with van der Waals surface area (Å²) in [5.74, 6) is -2.22. The Hall–Kier alpha value is -5.40. The predicted molar refractivity (Wildman–Crippen MR) is 157 cm³/mol. The zero-order valence-corrected chi connectivity index (χ0v) is 24.1. The van der Waals surface area contributed by atoms with Crippen molar-refractivity contribution in [2.75, 3.05) is 0 Å². The summed E-state index contributed by atoms with van der Waals surface area (Å²) in [5, 5.41) is 18.4. The molecule has 210 valence electrons. The van der Waals surface area contributed by atoms with Gasteiger partial charge >= 0.3 is 31.4 Å². The molecule has 0 spiro atoms. The minimum Gasteiger partial charge on any atom is -0.478 e. The fraction of sp³-hybridized carbons (Fsp3) is 0. The first kappa shape index (κ1) is 30.6. The molecule has 0 saturated heterocycles. The summed E-state index contributed by atoms with van der Waals surface area (Å²) in [6.45, 7) is 0. The van der Waals surface area contributed by atoms with Crippen molar-refractivity contribution in [3.8, 4) is 45.3 Å². The summed E-state index contributed by atoms with van der Waals surface area (Å²) >= 11 is 0. The molecule has 6 aromatic rings. The van der Waals surface area contributed by atoms with Crippen molar-refractivity contribution in [2.45, 2.75) is 0 Å². The zero-order valence-electron chi connectivity index (χ0n) is 22.4. The van der Waals surface area contributed by atoms with Crippen molar-refractivity contribution in [2.24, 2.45) is 0 Å². The second-order valence-corrected chi connectivity index (χ2v) is 8.84. The van der Waals surface area contributed by atoms with Crippen molar-refractivity contribution in [3.05, 3.63) is 145 Å². The van der Waals surface area contributed by atoms with E-state index in [0.29, 0.717) is 11.4 Å². The molecular weight excluding hydrogens is 629 g/mol. The van der Waals surface area contributed by atoms with E-state index in [9.17, 15) is 14.7 Å². The normalized spacial score (nSPS) is 10.0. The Kier molecular flexibility index (Phi) is 10.3. The SMILES string of the molecule is O=C(O)c1ccnc(-c2cc(C(=O)O)cc(-c3ccccn3)n2)c1.[Ru+2].[c-]1ccccc1-c1cccc(-c2[c-]cccc2)n1. The van der Waals surface area contributed by atoms with E-state index in [1.165, 1.54) is 30.5 Å². The fourth-order valence-corrected chi connectivity index (χ4v) is 3.97. The van der Waals surface area contributed by atoms with E-state index in [1.807, 2.05) is 66.7 Å². The van der Waals surface area contributed by atoms with Gasteiger partial charge in [-0.05, 0) is 47.8 Å². The molecule has 9 heteroatoms. The molecule has 8 nitrogen and oxygen atoms in total. The van der Waals surface area contributed by atoms with E-state index in [1.54, 1.807) is 24.4 Å². The first-order valence-corrected chi connectivity index (χ1v) is 12.8. The first-order chi connectivity index (χ1) is 20.5. The molecule has 0 unspecified atom stereocenters. The van der Waals surface area contributed by atoms with Crippen LogP contribution < -0.4 is 0 Å². The van der Waals surface area contributed by atoms with Gasteiger partial charge in [0.2, 0.25) is 0 Å². The summed E-state index contributed by atoms with van der Waals surface area (Å²) in [5.41, 5.74) is 5.37. The second kappa shape index (κ2) is 14.5. The topological polar surface area (TPSA) is 126 Å². The third-order valence-electron chi connectivity index (χ3n) is 5.99. The number of hydrogen-bond donors (Lipinski definition) is 2. The van der Waals surface area contributed by atoms with E-state index < -0.39 is 11.9 Å². The molecule has 0 aliphatic carbocycles. The molecule has 0 bridgehead atoms. The Balaban J connectivity index is 0.000000199. The van der Waals surface area contributed by atoms with Crippen molar-refractivity contribution < 1.29 is 39.3 Å². The molecule has 0 aliphatic heterocycles. The van der Waals surface area contributed by atoms with Crippen LogP contribution in [0.1, 0.15) is 20.7 Å². The van der Waals surface area contributed by atoms with Gasteiger partial charge in [0.05, 0.1) is 33.9 Å². The zero-order chi connectivity index (χ0) is 29.3. The van der Waals surface area contributed by atoms with Gasteiger partial charge in [0.25, 0.3) is 0 Å². The largest absolute Gasteiger partial charge is 2.00 e. The number of carboxylic acid groups (broad SMARTS) is 2. The summed E-state index contributed by atoms with van der Waals surface area (Å²) in [6.07, 6.45) is 2.92. The number of nitrogens with zero attached hydrogens (tertiary/aromatic N) is 4. The van der Waals surface area contributed by atoms with E-state index in [0.717, 1.165) is 22.5 Å². The molecule has 4 heterocycles. The van der Waals surface area contributed by atoms with Crippen molar-refractivity contribution in [1.82, 2.24) is 19.9 Å². The summed E-state index contributed by atoms with van der Waals surface area (Å²) in [4.78, 5) is 39.8. The van der Waals surface area contributed by atoms with Crippen molar-refractivity contribution in [1.29, 1.82) is 0 Å². The molecule has 0 aliphatic rings. The Morgan fingerprint density at radius 1 is 0.512 bits per heavy atom. The van der Waals surface area contributed by atoms with Gasteiger partial charge in [-0.3, -0.25) is 9.97 Å². The molecule has 4 aromatic heterocycles. The van der Waals surface area contributed by atoms with Gasteiger partial charge in [-0.1, -0.05) is 24.3 Å². The van der Waals surface area contributed by atoms with E-state index >= 15 is 0 Å². The van der Waals surface area contributed by atoms with Crippen molar-refractivity contribution >= 4 is 11.9 Å². The molecule has 2 aromatic carbocycles. The molecule has 0 amide bonds. The molecule has 0 saturated carbocycles. The van der Waals surface area contributed by atoms with E-state index in [4.69, 9.17) is 5.11 Å². The van der Waals surface area contributed by atoms with Crippen LogP contribution >= 0.6 is 0 Å². The van der Waals surface area contributed by atoms with Crippen LogP contribution in [-0.4, -0.2) is 42.1 Å². The molecule has 0 atom stereocenters. The van der Waals surface area contributed by atoms with Crippen LogP contribution in [0.2, 0.25) is 0 Å². The van der Waals surface area contributed by atoms with Gasteiger partial charge < -0.3 is 15.2 Å². The van der Waals surface area contributed by atoms with Crippen LogP contribution in [0.25, 0.3) is 45.3 Å². The van der Waals surface area contributed by atoms with Crippen LogP contribution in [0.5, 0.6) is 0 Å². The molecular formula is C34H22N4O4Ru. The van der Waals surface area contributed by atoms with E-state index in [2.05, 4.69) is 32.1 Å². The number of rotatable bonds is 6. The van der Waals surface area contributed by atoms with Gasteiger partial charge in [-0.2, -0.15) is 0 Å². The molecule has 43 heavy (non-hydrogen) atoms. The van der Waals surface area contributed by atoms with E-state index in [-0.39, 0.29) is 42.0 Å². The predicted octanol–water partition coefficient (Wildman–Crippen LogP) is 6.62. The van der Waals surface area contributed by atoms with Gasteiger partial charge in [-0.25, -0.2) is 14.6 Å². The van der Waals surface area contributed by atoms with Gasteiger partial charge in [0.1, 0.15) is 0 Å². The monoisotopic (exact) mass is 652 g/mol. The number of pyridine rings is 4. The van der Waals surface area contributed by atoms with Crippen LogP contribution in [0.4, 0.5) is 0 Å². The molecule has 6 rings (SSSR count). The third-order valence-corrected chi connectivity index (χ3v) is 5.99. The minimum absolute atomic E-state index is 0. The first-order valence-electron chi connectivity index (χ1n) is 12.8. The number of carbonyl (C=O) groups is 2. The van der Waals surface area contributed by atoms with Crippen LogP contribution in [0.15, 0.2) is 122 Å². The molecule has 2 N–H and O–H groups in total. The summed E-state index contributed by atoms with van der Waals surface area (Å²) in [6, 6.07) is 38.8. The van der Waals surface area contributed by atoms with Gasteiger partial charge in [-0.15, -0.1) is 71.8 Å². The van der Waals surface area contributed by atoms with Gasteiger partial charge in [0.15, 0.2) is 0 Å². The number of aromatic carboxylic acids is 2. The number of carboxylic acids is 2. The summed E-state index contributed by atoms with van der Waals surface area (Å²) < 4.78 is 0. The quantitative estimate of drug-likeness (QED) is 0.152. The average molecular weight is 652 g/mol. The maximum absolute atomic E-state index is 11.4. The summed E-state index contributed by atoms with van der Waals surface area (Å²) in [7, 11) is 0. The number of hydrogen-bond acceptors (Lipinski definition) is 6. The van der Waals surface area contributed by atoms with Crippen LogP contribution in [0.3, 0.4) is 0 Å².